The van der Waals surface area contributed by atoms with Crippen LogP contribution in [0.1, 0.15) is 16.8 Å². The maximum Gasteiger partial charge on any atom is 0.573 e. The molecular formula is C20H21F3N4O3. The second-order valence-electron chi connectivity index (χ2n) is 5.88. The molecule has 0 aliphatic heterocycles. The van der Waals surface area contributed by atoms with Gasteiger partial charge in [0.25, 0.3) is 5.91 Å². The van der Waals surface area contributed by atoms with E-state index in [1.165, 1.54) is 36.8 Å². The summed E-state index contributed by atoms with van der Waals surface area (Å²) in [6.45, 7) is 1.03. The Bertz CT molecular complexity index is 876. The molecule has 1 amide bonds. The quantitative estimate of drug-likeness (QED) is 0.626. The Balaban J connectivity index is 2.10. The van der Waals surface area contributed by atoms with E-state index in [-0.39, 0.29) is 11.7 Å². The highest BCUT2D eigenvalue weighted by Crippen LogP contribution is 2.24. The third kappa shape index (κ3) is 8.74. The number of carbonyl (C=O) groups excluding carboxylic acids is 1. The molecule has 10 heteroatoms. The number of methoxy groups -OCH3 is 1. The van der Waals surface area contributed by atoms with E-state index in [0.29, 0.717) is 36.6 Å². The lowest BCUT2D eigenvalue weighted by Gasteiger charge is -2.09. The van der Waals surface area contributed by atoms with Crippen LogP contribution in [0.5, 0.6) is 5.75 Å². The highest BCUT2D eigenvalue weighted by Gasteiger charge is 2.30. The normalized spacial score (nSPS) is 10.7. The average Bonchev–Trinajstić information content (AvgIpc) is 2.70. The van der Waals surface area contributed by atoms with Gasteiger partial charge in [-0.3, -0.25) is 4.79 Å². The lowest BCUT2D eigenvalue weighted by molar-refractivity contribution is -0.274. The van der Waals surface area contributed by atoms with Crippen LogP contribution in [-0.4, -0.2) is 42.5 Å². The molecule has 0 radical (unpaired) electrons. The zero-order valence-corrected chi connectivity index (χ0v) is 16.1. The maximum atomic E-state index is 12.2. The SMILES string of the molecule is COCCCNC(=O)c1cccc(Nc2ccc(OC(F)(F)F)cc2)ncncc1. The standard InChI is InChI=1S/C20H21F3N4O3/c1-29-13-3-11-25-19(28)15-4-2-5-18(26-14-24-12-10-15)27-16-6-8-17(9-7-16)30-20(21,22)23/h2,4-10,12,14H,3,11,13H2,1H3,(H,25,28)(H,24,26,27). The number of alkyl halides is 3. The van der Waals surface area contributed by atoms with Gasteiger partial charge in [0.15, 0.2) is 0 Å². The Morgan fingerprint density at radius 1 is 1.10 bits per heavy atom. The van der Waals surface area contributed by atoms with Crippen LogP contribution in [0.2, 0.25) is 0 Å². The lowest BCUT2D eigenvalue weighted by Crippen LogP contribution is -2.24. The molecule has 30 heavy (non-hydrogen) atoms. The number of hydrogen-bond donors (Lipinski definition) is 2. The van der Waals surface area contributed by atoms with E-state index in [4.69, 9.17) is 4.74 Å². The Morgan fingerprint density at radius 3 is 2.57 bits per heavy atom. The van der Waals surface area contributed by atoms with Crippen LogP contribution in [0.4, 0.5) is 24.7 Å². The summed E-state index contributed by atoms with van der Waals surface area (Å²) in [5, 5.41) is 5.73. The molecule has 1 aromatic heterocycles. The van der Waals surface area contributed by atoms with E-state index in [2.05, 4.69) is 25.3 Å². The minimum Gasteiger partial charge on any atom is -0.406 e. The summed E-state index contributed by atoms with van der Waals surface area (Å²) in [6.07, 6.45) is -1.34. The smallest absolute Gasteiger partial charge is 0.406 e. The summed E-state index contributed by atoms with van der Waals surface area (Å²) < 4.78 is 45.5. The van der Waals surface area contributed by atoms with Crippen LogP contribution in [0.25, 0.3) is 0 Å². The molecular weight excluding hydrogens is 401 g/mol. The van der Waals surface area contributed by atoms with E-state index in [0.717, 1.165) is 0 Å². The van der Waals surface area contributed by atoms with Gasteiger partial charge in [-0.15, -0.1) is 13.2 Å². The highest BCUT2D eigenvalue weighted by molar-refractivity contribution is 5.93. The first-order valence-corrected chi connectivity index (χ1v) is 8.92. The van der Waals surface area contributed by atoms with Crippen molar-refractivity contribution >= 4 is 17.4 Å². The summed E-state index contributed by atoms with van der Waals surface area (Å²) >= 11 is 0. The molecule has 0 spiro atoms. The van der Waals surface area contributed by atoms with Crippen LogP contribution in [0, 0.1) is 0 Å². The third-order valence-corrected chi connectivity index (χ3v) is 3.57. The van der Waals surface area contributed by atoms with Crippen molar-refractivity contribution in [3.05, 3.63) is 66.6 Å². The van der Waals surface area contributed by atoms with Gasteiger partial charge in [0.05, 0.1) is 0 Å². The predicted molar refractivity (Wildman–Crippen MR) is 105 cm³/mol. The molecule has 1 heterocycles. The van der Waals surface area contributed by atoms with E-state index in [1.54, 1.807) is 31.4 Å². The molecule has 1 aromatic carbocycles. The highest BCUT2D eigenvalue weighted by atomic mass is 19.4. The van der Waals surface area contributed by atoms with E-state index < -0.39 is 6.36 Å². The first-order valence-electron chi connectivity index (χ1n) is 8.92. The number of rotatable bonds is 8. The van der Waals surface area contributed by atoms with Gasteiger partial charge in [-0.05, 0) is 48.9 Å². The topological polar surface area (TPSA) is 85.4 Å². The second-order valence-corrected chi connectivity index (χ2v) is 5.88. The number of aromatic nitrogens is 2. The van der Waals surface area contributed by atoms with Crippen molar-refractivity contribution in [1.29, 1.82) is 0 Å². The average molecular weight is 422 g/mol. The van der Waals surface area contributed by atoms with Gasteiger partial charge in [0, 0.05) is 37.7 Å². The molecule has 160 valence electrons. The van der Waals surface area contributed by atoms with E-state index in [1.807, 2.05) is 0 Å². The van der Waals surface area contributed by atoms with Crippen molar-refractivity contribution in [1.82, 2.24) is 15.3 Å². The molecule has 7 nitrogen and oxygen atoms in total. The fourth-order valence-corrected chi connectivity index (χ4v) is 2.23. The number of ether oxygens (including phenoxy) is 2. The van der Waals surface area contributed by atoms with Gasteiger partial charge < -0.3 is 20.1 Å². The molecule has 2 aromatic rings. The predicted octanol–water partition coefficient (Wildman–Crippen LogP) is 4.01. The van der Waals surface area contributed by atoms with Crippen molar-refractivity contribution in [3.63, 3.8) is 0 Å². The van der Waals surface area contributed by atoms with Gasteiger partial charge >= 0.3 is 6.36 Å². The minimum atomic E-state index is -4.75. The maximum absolute atomic E-state index is 12.2. The van der Waals surface area contributed by atoms with Crippen molar-refractivity contribution in [2.45, 2.75) is 12.8 Å². The van der Waals surface area contributed by atoms with Crippen LogP contribution in [-0.2, 0) is 4.74 Å². The molecule has 0 bridgehead atoms. The van der Waals surface area contributed by atoms with Gasteiger partial charge in [0.2, 0.25) is 0 Å². The molecule has 0 unspecified atom stereocenters. The summed E-state index contributed by atoms with van der Waals surface area (Å²) in [5.41, 5.74) is 0.893. The number of halogens is 3. The number of benzene rings is 1. The third-order valence-electron chi connectivity index (χ3n) is 3.57. The first kappa shape index (κ1) is 22.9. The van der Waals surface area contributed by atoms with Crippen molar-refractivity contribution in [3.8, 4) is 5.75 Å². The van der Waals surface area contributed by atoms with Gasteiger partial charge in [-0.25, -0.2) is 9.97 Å². The fraction of sp³-hybridized carbons (Fsp3) is 0.250. The fourth-order valence-electron chi connectivity index (χ4n) is 2.23. The molecule has 0 atom stereocenters. The zero-order valence-electron chi connectivity index (χ0n) is 16.1. The Hall–Kier alpha value is -3.40. The van der Waals surface area contributed by atoms with Crippen LogP contribution >= 0.6 is 0 Å². The van der Waals surface area contributed by atoms with E-state index >= 15 is 0 Å². The van der Waals surface area contributed by atoms with Gasteiger partial charge in [-0.2, -0.15) is 0 Å². The number of nitrogens with zero attached hydrogens (tertiary/aromatic N) is 2. The Morgan fingerprint density at radius 2 is 1.87 bits per heavy atom. The summed E-state index contributed by atoms with van der Waals surface area (Å²) in [6, 6.07) is 11.6. The number of anilines is 2. The van der Waals surface area contributed by atoms with Crippen molar-refractivity contribution < 1.29 is 27.4 Å². The number of hydrogen-bond acceptors (Lipinski definition) is 6. The largest absolute Gasteiger partial charge is 0.573 e. The molecule has 0 aliphatic carbocycles. The van der Waals surface area contributed by atoms with Crippen molar-refractivity contribution in [2.75, 3.05) is 25.6 Å². The lowest BCUT2D eigenvalue weighted by atomic mass is 10.2. The monoisotopic (exact) mass is 422 g/mol. The van der Waals surface area contributed by atoms with Gasteiger partial charge in [-0.1, -0.05) is 6.07 Å². The number of carbonyl (C=O) groups is 1. The van der Waals surface area contributed by atoms with Crippen LogP contribution in [0.3, 0.4) is 0 Å². The Kier molecular flexibility index (Phi) is 8.82. The molecule has 0 saturated heterocycles. The molecule has 2 N–H and O–H groups in total. The van der Waals surface area contributed by atoms with Crippen LogP contribution < -0.4 is 15.4 Å². The van der Waals surface area contributed by atoms with E-state index in [9.17, 15) is 18.0 Å². The van der Waals surface area contributed by atoms with Crippen molar-refractivity contribution in [2.24, 2.45) is 0 Å². The van der Waals surface area contributed by atoms with Gasteiger partial charge in [0.1, 0.15) is 17.9 Å². The zero-order chi connectivity index (χ0) is 21.8. The number of amides is 1. The summed E-state index contributed by atoms with van der Waals surface area (Å²) in [7, 11) is 1.59. The molecule has 0 aliphatic rings. The number of nitrogens with one attached hydrogen (secondary N) is 2. The van der Waals surface area contributed by atoms with Crippen LogP contribution in [0.15, 0.2) is 61.1 Å². The Labute approximate surface area is 171 Å². The second kappa shape index (κ2) is 11.6. The first-order chi connectivity index (χ1) is 14.4. The minimum absolute atomic E-state index is 0.255. The summed E-state index contributed by atoms with van der Waals surface area (Å²) in [4.78, 5) is 20.3. The molecule has 0 fully saturated rings. The molecule has 0 saturated carbocycles. The molecule has 2 rings (SSSR count). The summed E-state index contributed by atoms with van der Waals surface area (Å²) in [5.74, 6) is -0.212.